The van der Waals surface area contributed by atoms with Crippen LogP contribution < -0.4 is 10.6 Å². The van der Waals surface area contributed by atoms with E-state index < -0.39 is 0 Å². The second-order valence-electron chi connectivity index (χ2n) is 3.65. The van der Waals surface area contributed by atoms with E-state index in [0.29, 0.717) is 11.5 Å². The highest BCUT2D eigenvalue weighted by Gasteiger charge is 2.53. The van der Waals surface area contributed by atoms with Crippen LogP contribution in [0.1, 0.15) is 19.3 Å². The highest BCUT2D eigenvalue weighted by molar-refractivity contribution is 5.85. The van der Waals surface area contributed by atoms with Crippen molar-refractivity contribution in [1.82, 2.24) is 10.6 Å². The summed E-state index contributed by atoms with van der Waals surface area (Å²) in [6.45, 7) is 2.24. The third-order valence-corrected chi connectivity index (χ3v) is 3.06. The Balaban J connectivity index is 0.000000720. The summed E-state index contributed by atoms with van der Waals surface area (Å²) in [5, 5.41) is 6.20. The summed E-state index contributed by atoms with van der Waals surface area (Å²) in [7, 11) is 0. The first-order valence-electron chi connectivity index (χ1n) is 4.28. The predicted octanol–water partition coefficient (Wildman–Crippen LogP) is 0.296. The lowest BCUT2D eigenvalue weighted by atomic mass is 9.94. The fourth-order valence-electron chi connectivity index (χ4n) is 2.14. The molecule has 0 bridgehead atoms. The Morgan fingerprint density at radius 1 is 1.42 bits per heavy atom. The summed E-state index contributed by atoms with van der Waals surface area (Å²) < 4.78 is 0. The van der Waals surface area contributed by atoms with Gasteiger partial charge in [-0.2, -0.15) is 0 Å². The van der Waals surface area contributed by atoms with Gasteiger partial charge in [0.25, 0.3) is 0 Å². The standard InChI is InChI=1S/C8H14N2O.ClH/c11-6-10-7-5-8(7)1-3-9-4-2-8;/h6-7,9H,1-5H2,(H,10,11);1H. The SMILES string of the molecule is Cl.O=CNC1CC12CCNCC2. The Morgan fingerprint density at radius 2 is 2.08 bits per heavy atom. The topological polar surface area (TPSA) is 41.1 Å². The van der Waals surface area contributed by atoms with Crippen molar-refractivity contribution in [1.29, 1.82) is 0 Å². The van der Waals surface area contributed by atoms with Gasteiger partial charge in [-0.25, -0.2) is 0 Å². The lowest BCUT2D eigenvalue weighted by Gasteiger charge is -2.22. The molecule has 12 heavy (non-hydrogen) atoms. The van der Waals surface area contributed by atoms with Crippen molar-refractivity contribution >= 4 is 18.8 Å². The summed E-state index contributed by atoms with van der Waals surface area (Å²) in [5.41, 5.74) is 0.492. The molecule has 0 radical (unpaired) electrons. The third kappa shape index (κ3) is 1.57. The number of halogens is 1. The fraction of sp³-hybridized carbons (Fsp3) is 0.875. The molecule has 2 aliphatic rings. The maximum absolute atomic E-state index is 10.2. The molecule has 1 aliphatic heterocycles. The zero-order chi connectivity index (χ0) is 7.73. The Bertz CT molecular complexity index is 168. The van der Waals surface area contributed by atoms with Crippen LogP contribution in [-0.2, 0) is 4.79 Å². The van der Waals surface area contributed by atoms with Crippen LogP contribution in [0.15, 0.2) is 0 Å². The van der Waals surface area contributed by atoms with E-state index in [1.54, 1.807) is 0 Å². The van der Waals surface area contributed by atoms with Gasteiger partial charge in [-0.3, -0.25) is 4.79 Å². The molecular weight excluding hydrogens is 176 g/mol. The summed E-state index contributed by atoms with van der Waals surface area (Å²) in [5.74, 6) is 0. The van der Waals surface area contributed by atoms with Gasteiger partial charge >= 0.3 is 0 Å². The first kappa shape index (κ1) is 9.81. The van der Waals surface area contributed by atoms with E-state index in [9.17, 15) is 4.79 Å². The Labute approximate surface area is 78.7 Å². The fourth-order valence-corrected chi connectivity index (χ4v) is 2.14. The Hall–Kier alpha value is -0.280. The molecule has 0 aromatic carbocycles. The highest BCUT2D eigenvalue weighted by Crippen LogP contribution is 2.52. The first-order chi connectivity index (χ1) is 5.37. The summed E-state index contributed by atoms with van der Waals surface area (Å²) >= 11 is 0. The van der Waals surface area contributed by atoms with Gasteiger partial charge in [0.1, 0.15) is 0 Å². The number of carbonyl (C=O) groups excluding carboxylic acids is 1. The molecule has 1 unspecified atom stereocenters. The monoisotopic (exact) mass is 190 g/mol. The van der Waals surface area contributed by atoms with Crippen molar-refractivity contribution in [2.45, 2.75) is 25.3 Å². The number of amides is 1. The number of carbonyl (C=O) groups is 1. The molecule has 2 rings (SSSR count). The molecule has 1 atom stereocenters. The lowest BCUT2D eigenvalue weighted by Crippen LogP contribution is -2.33. The average Bonchev–Trinajstić information content (AvgIpc) is 2.66. The number of hydrogen-bond donors (Lipinski definition) is 2. The zero-order valence-corrected chi connectivity index (χ0v) is 7.82. The van der Waals surface area contributed by atoms with Crippen LogP contribution in [-0.4, -0.2) is 25.5 Å². The molecular formula is C8H15ClN2O. The lowest BCUT2D eigenvalue weighted by molar-refractivity contribution is -0.109. The second kappa shape index (κ2) is 3.62. The maximum atomic E-state index is 10.2. The minimum atomic E-state index is 0. The first-order valence-corrected chi connectivity index (χ1v) is 4.28. The van der Waals surface area contributed by atoms with E-state index in [0.717, 1.165) is 19.5 Å². The van der Waals surface area contributed by atoms with E-state index >= 15 is 0 Å². The quantitative estimate of drug-likeness (QED) is 0.615. The van der Waals surface area contributed by atoms with Gasteiger partial charge < -0.3 is 10.6 Å². The van der Waals surface area contributed by atoms with E-state index in [2.05, 4.69) is 10.6 Å². The number of hydrogen-bond acceptors (Lipinski definition) is 2. The molecule has 1 spiro atoms. The van der Waals surface area contributed by atoms with Gasteiger partial charge in [-0.05, 0) is 37.8 Å². The molecule has 1 aliphatic carbocycles. The van der Waals surface area contributed by atoms with Gasteiger partial charge in [0.2, 0.25) is 6.41 Å². The minimum Gasteiger partial charge on any atom is -0.355 e. The molecule has 70 valence electrons. The van der Waals surface area contributed by atoms with Crippen LogP contribution in [0.3, 0.4) is 0 Å². The van der Waals surface area contributed by atoms with Gasteiger partial charge in [-0.1, -0.05) is 0 Å². The summed E-state index contributed by atoms with van der Waals surface area (Å²) in [4.78, 5) is 10.2. The van der Waals surface area contributed by atoms with E-state index in [1.165, 1.54) is 19.3 Å². The van der Waals surface area contributed by atoms with Crippen LogP contribution in [0.25, 0.3) is 0 Å². The zero-order valence-electron chi connectivity index (χ0n) is 7.01. The Morgan fingerprint density at radius 3 is 2.67 bits per heavy atom. The molecule has 1 amide bonds. The Kier molecular flexibility index (Phi) is 2.96. The normalized spacial score (nSPS) is 30.5. The van der Waals surface area contributed by atoms with Crippen LogP contribution >= 0.6 is 12.4 Å². The molecule has 2 N–H and O–H groups in total. The third-order valence-electron chi connectivity index (χ3n) is 3.06. The molecule has 1 saturated heterocycles. The van der Waals surface area contributed by atoms with E-state index in [1.807, 2.05) is 0 Å². The smallest absolute Gasteiger partial charge is 0.207 e. The van der Waals surface area contributed by atoms with Gasteiger partial charge in [0, 0.05) is 6.04 Å². The highest BCUT2D eigenvalue weighted by atomic mass is 35.5. The van der Waals surface area contributed by atoms with Crippen LogP contribution in [0.2, 0.25) is 0 Å². The van der Waals surface area contributed by atoms with Gasteiger partial charge in [-0.15, -0.1) is 12.4 Å². The van der Waals surface area contributed by atoms with Crippen LogP contribution in [0, 0.1) is 5.41 Å². The second-order valence-corrected chi connectivity index (χ2v) is 3.65. The van der Waals surface area contributed by atoms with Gasteiger partial charge in [0.15, 0.2) is 0 Å². The number of nitrogens with one attached hydrogen (secondary N) is 2. The summed E-state index contributed by atoms with van der Waals surface area (Å²) in [6, 6.07) is 0.488. The molecule has 1 saturated carbocycles. The van der Waals surface area contributed by atoms with Crippen molar-refractivity contribution in [3.63, 3.8) is 0 Å². The molecule has 0 aromatic heterocycles. The largest absolute Gasteiger partial charge is 0.355 e. The minimum absolute atomic E-state index is 0. The maximum Gasteiger partial charge on any atom is 0.207 e. The number of piperidine rings is 1. The van der Waals surface area contributed by atoms with Crippen molar-refractivity contribution < 1.29 is 4.79 Å². The molecule has 1 heterocycles. The van der Waals surface area contributed by atoms with Crippen molar-refractivity contribution in [2.24, 2.45) is 5.41 Å². The average molecular weight is 191 g/mol. The van der Waals surface area contributed by atoms with E-state index in [4.69, 9.17) is 0 Å². The molecule has 3 nitrogen and oxygen atoms in total. The van der Waals surface area contributed by atoms with Crippen LogP contribution in [0.4, 0.5) is 0 Å². The molecule has 0 aromatic rings. The molecule has 4 heteroatoms. The van der Waals surface area contributed by atoms with Crippen molar-refractivity contribution in [3.8, 4) is 0 Å². The van der Waals surface area contributed by atoms with E-state index in [-0.39, 0.29) is 12.4 Å². The van der Waals surface area contributed by atoms with Crippen molar-refractivity contribution in [3.05, 3.63) is 0 Å². The summed E-state index contributed by atoms with van der Waals surface area (Å²) in [6.07, 6.45) is 4.51. The predicted molar refractivity (Wildman–Crippen MR) is 49.4 cm³/mol. The number of rotatable bonds is 2. The molecule has 2 fully saturated rings. The van der Waals surface area contributed by atoms with Crippen LogP contribution in [0.5, 0.6) is 0 Å². The van der Waals surface area contributed by atoms with Gasteiger partial charge in [0.05, 0.1) is 0 Å². The van der Waals surface area contributed by atoms with Crippen molar-refractivity contribution in [2.75, 3.05) is 13.1 Å².